The standard InChI is InChI=1S/C23H36N4O6/c1-12(2)18(26-21(30)17(24)14(5)28)22(31)25-16(11-15-9-7-6-8-10-15)20(29)27-19(13(3)4)23(32)33/h6-10,12-14,16-19,28H,11,24H2,1-5H3,(H,25,31)(H,26,30)(H,27,29)(H,32,33). The SMILES string of the molecule is CC(C)C(NC(=O)C(Cc1ccccc1)NC(=O)C(NC(=O)C(N)C(C)O)C(C)C)C(=O)O. The summed E-state index contributed by atoms with van der Waals surface area (Å²) < 4.78 is 0. The van der Waals surface area contributed by atoms with Gasteiger partial charge in [-0.25, -0.2) is 4.79 Å². The van der Waals surface area contributed by atoms with E-state index in [4.69, 9.17) is 5.73 Å². The Morgan fingerprint density at radius 1 is 0.818 bits per heavy atom. The fraction of sp³-hybridized carbons (Fsp3) is 0.565. The molecule has 0 aliphatic rings. The summed E-state index contributed by atoms with van der Waals surface area (Å²) in [7, 11) is 0. The Kier molecular flexibility index (Phi) is 11.0. The molecule has 0 saturated carbocycles. The molecular formula is C23H36N4O6. The Labute approximate surface area is 194 Å². The van der Waals surface area contributed by atoms with Crippen LogP contribution >= 0.6 is 0 Å². The molecule has 0 spiro atoms. The summed E-state index contributed by atoms with van der Waals surface area (Å²) in [6, 6.07) is 4.51. The second-order valence-corrected chi connectivity index (χ2v) is 8.82. The quantitative estimate of drug-likeness (QED) is 0.248. The monoisotopic (exact) mass is 464 g/mol. The number of aliphatic carboxylic acids is 1. The van der Waals surface area contributed by atoms with Gasteiger partial charge in [0.1, 0.15) is 24.2 Å². The van der Waals surface area contributed by atoms with E-state index in [0.717, 1.165) is 5.56 Å². The van der Waals surface area contributed by atoms with Crippen molar-refractivity contribution in [3.63, 3.8) is 0 Å². The van der Waals surface area contributed by atoms with Crippen molar-refractivity contribution < 1.29 is 29.4 Å². The third-order valence-corrected chi connectivity index (χ3v) is 5.22. The first-order valence-corrected chi connectivity index (χ1v) is 11.0. The van der Waals surface area contributed by atoms with E-state index in [1.165, 1.54) is 6.92 Å². The fourth-order valence-corrected chi connectivity index (χ4v) is 3.09. The molecule has 0 aromatic heterocycles. The van der Waals surface area contributed by atoms with Gasteiger partial charge < -0.3 is 31.9 Å². The molecular weight excluding hydrogens is 428 g/mol. The van der Waals surface area contributed by atoms with Crippen molar-refractivity contribution in [2.24, 2.45) is 17.6 Å². The minimum absolute atomic E-state index is 0.120. The number of carbonyl (C=O) groups excluding carboxylic acids is 3. The first-order chi connectivity index (χ1) is 15.3. The Morgan fingerprint density at radius 3 is 1.79 bits per heavy atom. The van der Waals surface area contributed by atoms with E-state index < -0.39 is 54.0 Å². The van der Waals surface area contributed by atoms with Gasteiger partial charge in [0.15, 0.2) is 0 Å². The minimum Gasteiger partial charge on any atom is -0.480 e. The third-order valence-electron chi connectivity index (χ3n) is 5.22. The third kappa shape index (κ3) is 8.82. The van der Waals surface area contributed by atoms with Crippen LogP contribution in [0.3, 0.4) is 0 Å². The summed E-state index contributed by atoms with van der Waals surface area (Å²) in [5.41, 5.74) is 6.42. The number of carboxylic acid groups (broad SMARTS) is 1. The van der Waals surface area contributed by atoms with Crippen molar-refractivity contribution in [3.05, 3.63) is 35.9 Å². The average molecular weight is 465 g/mol. The molecule has 184 valence electrons. The number of nitrogens with two attached hydrogens (primary N) is 1. The molecule has 10 nitrogen and oxygen atoms in total. The number of benzene rings is 1. The van der Waals surface area contributed by atoms with Gasteiger partial charge in [-0.15, -0.1) is 0 Å². The highest BCUT2D eigenvalue weighted by Crippen LogP contribution is 2.09. The highest BCUT2D eigenvalue weighted by atomic mass is 16.4. The van der Waals surface area contributed by atoms with E-state index >= 15 is 0 Å². The molecule has 7 N–H and O–H groups in total. The number of aliphatic hydroxyl groups is 1. The first-order valence-electron chi connectivity index (χ1n) is 11.0. The van der Waals surface area contributed by atoms with Crippen LogP contribution in [0.15, 0.2) is 30.3 Å². The van der Waals surface area contributed by atoms with Crippen LogP contribution in [-0.2, 0) is 25.6 Å². The zero-order valence-electron chi connectivity index (χ0n) is 19.7. The second-order valence-electron chi connectivity index (χ2n) is 8.82. The van der Waals surface area contributed by atoms with Crippen molar-refractivity contribution in [1.29, 1.82) is 0 Å². The molecule has 0 fully saturated rings. The molecule has 5 atom stereocenters. The highest BCUT2D eigenvalue weighted by molar-refractivity contribution is 5.94. The summed E-state index contributed by atoms with van der Waals surface area (Å²) in [6.45, 7) is 8.12. The molecule has 5 unspecified atom stereocenters. The summed E-state index contributed by atoms with van der Waals surface area (Å²) in [6.07, 6.45) is -0.990. The molecule has 0 saturated heterocycles. The van der Waals surface area contributed by atoms with Crippen molar-refractivity contribution in [2.75, 3.05) is 0 Å². The molecule has 10 heteroatoms. The first kappa shape index (κ1) is 28.1. The topological polar surface area (TPSA) is 171 Å². The largest absolute Gasteiger partial charge is 0.480 e. The zero-order valence-corrected chi connectivity index (χ0v) is 19.7. The van der Waals surface area contributed by atoms with E-state index in [9.17, 15) is 29.4 Å². The number of rotatable bonds is 12. The predicted octanol–water partition coefficient (Wildman–Crippen LogP) is -0.212. The molecule has 0 aliphatic carbocycles. The molecule has 0 heterocycles. The van der Waals surface area contributed by atoms with Crippen LogP contribution in [-0.4, -0.2) is 64.2 Å². The van der Waals surface area contributed by atoms with Crippen molar-refractivity contribution in [1.82, 2.24) is 16.0 Å². The number of amides is 3. The molecule has 0 aliphatic heterocycles. The van der Waals surface area contributed by atoms with E-state index in [2.05, 4.69) is 16.0 Å². The predicted molar refractivity (Wildman–Crippen MR) is 123 cm³/mol. The Balaban J connectivity index is 3.10. The summed E-state index contributed by atoms with van der Waals surface area (Å²) in [5, 5.41) is 26.6. The van der Waals surface area contributed by atoms with Gasteiger partial charge in [0.05, 0.1) is 6.10 Å². The van der Waals surface area contributed by atoms with Crippen LogP contribution in [0.2, 0.25) is 0 Å². The second kappa shape index (κ2) is 12.9. The lowest BCUT2D eigenvalue weighted by molar-refractivity contribution is -0.143. The minimum atomic E-state index is -1.22. The smallest absolute Gasteiger partial charge is 0.326 e. The number of hydrogen-bond donors (Lipinski definition) is 6. The normalized spacial score (nSPS) is 15.8. The van der Waals surface area contributed by atoms with Crippen LogP contribution in [0.5, 0.6) is 0 Å². The molecule has 0 bridgehead atoms. The van der Waals surface area contributed by atoms with E-state index in [1.54, 1.807) is 52.0 Å². The Hall–Kier alpha value is -2.98. The number of aliphatic hydroxyl groups excluding tert-OH is 1. The van der Waals surface area contributed by atoms with E-state index in [0.29, 0.717) is 0 Å². The maximum Gasteiger partial charge on any atom is 0.326 e. The van der Waals surface area contributed by atoms with Gasteiger partial charge in [0.2, 0.25) is 17.7 Å². The average Bonchev–Trinajstić information content (AvgIpc) is 2.74. The number of hydrogen-bond acceptors (Lipinski definition) is 6. The van der Waals surface area contributed by atoms with Gasteiger partial charge in [0, 0.05) is 6.42 Å². The van der Waals surface area contributed by atoms with Crippen LogP contribution in [0.4, 0.5) is 0 Å². The van der Waals surface area contributed by atoms with Gasteiger partial charge in [-0.05, 0) is 24.3 Å². The fourth-order valence-electron chi connectivity index (χ4n) is 3.09. The number of nitrogens with one attached hydrogen (secondary N) is 3. The summed E-state index contributed by atoms with van der Waals surface area (Å²) in [4.78, 5) is 49.9. The van der Waals surface area contributed by atoms with Crippen LogP contribution < -0.4 is 21.7 Å². The summed E-state index contributed by atoms with van der Waals surface area (Å²) in [5.74, 6) is -3.87. The maximum absolute atomic E-state index is 13.0. The zero-order chi connectivity index (χ0) is 25.3. The molecule has 1 rings (SSSR count). The van der Waals surface area contributed by atoms with Gasteiger partial charge >= 0.3 is 5.97 Å². The molecule has 3 amide bonds. The van der Waals surface area contributed by atoms with Crippen LogP contribution in [0, 0.1) is 11.8 Å². The van der Waals surface area contributed by atoms with Crippen LogP contribution in [0.25, 0.3) is 0 Å². The van der Waals surface area contributed by atoms with Crippen molar-refractivity contribution in [3.8, 4) is 0 Å². The number of carbonyl (C=O) groups is 4. The lowest BCUT2D eigenvalue weighted by Gasteiger charge is -2.28. The van der Waals surface area contributed by atoms with Crippen LogP contribution in [0.1, 0.15) is 40.2 Å². The van der Waals surface area contributed by atoms with E-state index in [-0.39, 0.29) is 18.3 Å². The van der Waals surface area contributed by atoms with Gasteiger partial charge in [0.25, 0.3) is 0 Å². The van der Waals surface area contributed by atoms with Gasteiger partial charge in [-0.1, -0.05) is 58.0 Å². The van der Waals surface area contributed by atoms with Gasteiger partial charge in [-0.2, -0.15) is 0 Å². The molecule has 1 aromatic rings. The lowest BCUT2D eigenvalue weighted by Crippen LogP contribution is -2.60. The Bertz CT molecular complexity index is 812. The molecule has 33 heavy (non-hydrogen) atoms. The maximum atomic E-state index is 13.0. The van der Waals surface area contributed by atoms with Gasteiger partial charge in [-0.3, -0.25) is 14.4 Å². The van der Waals surface area contributed by atoms with Crippen molar-refractivity contribution >= 4 is 23.7 Å². The summed E-state index contributed by atoms with van der Waals surface area (Å²) >= 11 is 0. The number of carboxylic acids is 1. The van der Waals surface area contributed by atoms with E-state index in [1.807, 2.05) is 6.07 Å². The Morgan fingerprint density at radius 2 is 1.33 bits per heavy atom. The highest BCUT2D eigenvalue weighted by Gasteiger charge is 2.33. The van der Waals surface area contributed by atoms with Crippen molar-refractivity contribution in [2.45, 2.75) is 71.3 Å². The molecule has 1 aromatic carbocycles. The lowest BCUT2D eigenvalue weighted by atomic mass is 9.99. The molecule has 0 radical (unpaired) electrons.